The third-order valence-electron chi connectivity index (χ3n) is 6.05. The molecule has 3 heterocycles. The van der Waals surface area contributed by atoms with Crippen LogP contribution in [-0.2, 0) is 20.0 Å². The monoisotopic (exact) mass is 424 g/mol. The molecular weight excluding hydrogens is 392 g/mol. The van der Waals surface area contributed by atoms with Crippen LogP contribution in [0, 0.1) is 0 Å². The summed E-state index contributed by atoms with van der Waals surface area (Å²) in [7, 11) is 2.02. The van der Waals surface area contributed by atoms with Gasteiger partial charge in [-0.3, -0.25) is 14.4 Å². The Morgan fingerprint density at radius 1 is 1.23 bits per heavy atom. The molecular formula is C24H32N4OS. The summed E-state index contributed by atoms with van der Waals surface area (Å²) in [4.78, 5) is 16.5. The Bertz CT molecular complexity index is 1010. The van der Waals surface area contributed by atoms with Crippen LogP contribution in [0.25, 0.3) is 10.1 Å². The van der Waals surface area contributed by atoms with E-state index in [1.165, 1.54) is 47.0 Å². The lowest BCUT2D eigenvalue weighted by molar-refractivity contribution is 0.0945. The van der Waals surface area contributed by atoms with Gasteiger partial charge in [0.25, 0.3) is 5.91 Å². The maximum absolute atomic E-state index is 13.0. The molecule has 1 aromatic carbocycles. The number of aryl methyl sites for hydroxylation is 1. The van der Waals surface area contributed by atoms with E-state index in [2.05, 4.69) is 45.6 Å². The quantitative estimate of drug-likeness (QED) is 0.621. The summed E-state index contributed by atoms with van der Waals surface area (Å²) in [5.74, 6) is 0.0630. The number of thiophene rings is 1. The number of nitrogens with zero attached hydrogens (tertiary/aromatic N) is 3. The predicted octanol–water partition coefficient (Wildman–Crippen LogP) is 4.76. The Labute approximate surface area is 183 Å². The zero-order chi connectivity index (χ0) is 21.1. The van der Waals surface area contributed by atoms with Gasteiger partial charge in [0.15, 0.2) is 0 Å². The van der Waals surface area contributed by atoms with Crippen LogP contribution in [-0.4, -0.2) is 39.2 Å². The second-order valence-corrected chi connectivity index (χ2v) is 9.71. The van der Waals surface area contributed by atoms with Crippen molar-refractivity contribution in [2.75, 3.05) is 6.54 Å². The fourth-order valence-corrected chi connectivity index (χ4v) is 5.62. The van der Waals surface area contributed by atoms with Gasteiger partial charge in [-0.1, -0.05) is 31.0 Å². The van der Waals surface area contributed by atoms with Crippen LogP contribution in [0.15, 0.2) is 36.5 Å². The molecule has 0 spiro atoms. The van der Waals surface area contributed by atoms with Crippen molar-refractivity contribution in [3.8, 4) is 0 Å². The molecule has 1 aliphatic rings. The molecule has 4 rings (SSSR count). The van der Waals surface area contributed by atoms with Crippen molar-refractivity contribution in [1.82, 2.24) is 20.0 Å². The zero-order valence-electron chi connectivity index (χ0n) is 18.2. The van der Waals surface area contributed by atoms with Crippen molar-refractivity contribution >= 4 is 27.3 Å². The Morgan fingerprint density at radius 2 is 2.07 bits per heavy atom. The van der Waals surface area contributed by atoms with Crippen molar-refractivity contribution in [1.29, 1.82) is 0 Å². The van der Waals surface area contributed by atoms with E-state index in [1.807, 2.05) is 31.8 Å². The van der Waals surface area contributed by atoms with E-state index in [4.69, 9.17) is 0 Å². The lowest BCUT2D eigenvalue weighted by Crippen LogP contribution is -2.37. The van der Waals surface area contributed by atoms with E-state index in [0.717, 1.165) is 24.4 Å². The number of nitrogens with one attached hydrogen (secondary N) is 1. The van der Waals surface area contributed by atoms with Crippen LogP contribution in [0.4, 0.5) is 0 Å². The molecule has 0 radical (unpaired) electrons. The topological polar surface area (TPSA) is 50.2 Å². The average Bonchev–Trinajstić information content (AvgIpc) is 3.20. The van der Waals surface area contributed by atoms with E-state index in [-0.39, 0.29) is 11.9 Å². The first kappa shape index (κ1) is 21.1. The SMILES string of the molecule is CC(C)NC(=O)c1sc2ccccc2c1C[C@@H]1CCCCCN1Cc1ccnn1C. The molecule has 0 unspecified atom stereocenters. The first-order chi connectivity index (χ1) is 14.5. The highest BCUT2D eigenvalue weighted by molar-refractivity contribution is 7.21. The van der Waals surface area contributed by atoms with Crippen LogP contribution in [0.2, 0.25) is 0 Å². The number of carbonyl (C=O) groups excluding carboxylic acids is 1. The molecule has 160 valence electrons. The molecule has 5 nitrogen and oxygen atoms in total. The summed E-state index contributed by atoms with van der Waals surface area (Å²) < 4.78 is 3.18. The molecule has 1 aliphatic heterocycles. The molecule has 30 heavy (non-hydrogen) atoms. The second kappa shape index (κ2) is 9.31. The van der Waals surface area contributed by atoms with Crippen LogP contribution < -0.4 is 5.32 Å². The molecule has 0 aliphatic carbocycles. The fraction of sp³-hybridized carbons (Fsp3) is 0.500. The third kappa shape index (κ3) is 4.60. The van der Waals surface area contributed by atoms with Crippen molar-refractivity contribution in [2.45, 2.75) is 64.6 Å². The first-order valence-electron chi connectivity index (χ1n) is 11.0. The highest BCUT2D eigenvalue weighted by Crippen LogP contribution is 2.34. The number of amides is 1. The van der Waals surface area contributed by atoms with Gasteiger partial charge in [0.2, 0.25) is 0 Å². The fourth-order valence-electron chi connectivity index (χ4n) is 4.49. The van der Waals surface area contributed by atoms with Gasteiger partial charge >= 0.3 is 0 Å². The van der Waals surface area contributed by atoms with Crippen molar-refractivity contribution in [3.63, 3.8) is 0 Å². The molecule has 2 aromatic heterocycles. The summed E-state index contributed by atoms with van der Waals surface area (Å²) in [6.07, 6.45) is 7.74. The molecule has 1 N–H and O–H groups in total. The van der Waals surface area contributed by atoms with Gasteiger partial charge in [-0.05, 0) is 62.7 Å². The molecule has 6 heteroatoms. The standard InChI is InChI=1S/C24H32N4OS/c1-17(2)26-24(29)23-21(20-10-6-7-11-22(20)30-23)15-18-9-5-4-8-14-28(18)16-19-12-13-25-27(19)3/h6-7,10-13,17-18H,4-5,8-9,14-16H2,1-3H3,(H,26,29)/t18-/m0/s1. The van der Waals surface area contributed by atoms with Gasteiger partial charge in [-0.25, -0.2) is 0 Å². The lowest BCUT2D eigenvalue weighted by atomic mass is 9.97. The van der Waals surface area contributed by atoms with E-state index >= 15 is 0 Å². The van der Waals surface area contributed by atoms with Crippen LogP contribution in [0.3, 0.4) is 0 Å². The van der Waals surface area contributed by atoms with Crippen molar-refractivity contribution in [3.05, 3.63) is 52.7 Å². The normalized spacial score (nSPS) is 18.1. The van der Waals surface area contributed by atoms with Crippen LogP contribution in [0.1, 0.15) is 60.5 Å². The molecule has 1 fully saturated rings. The third-order valence-corrected chi connectivity index (χ3v) is 7.26. The lowest BCUT2D eigenvalue weighted by Gasteiger charge is -2.30. The summed E-state index contributed by atoms with van der Waals surface area (Å²) in [6, 6.07) is 11.1. The van der Waals surface area contributed by atoms with Gasteiger partial charge in [0.05, 0.1) is 10.6 Å². The summed E-state index contributed by atoms with van der Waals surface area (Å²) in [5, 5.41) is 8.70. The number of carbonyl (C=O) groups is 1. The number of fused-ring (bicyclic) bond motifs is 1. The number of aromatic nitrogens is 2. The summed E-state index contributed by atoms with van der Waals surface area (Å²) >= 11 is 1.63. The molecule has 1 atom stereocenters. The number of likely N-dealkylation sites (tertiary alicyclic amines) is 1. The number of hydrogen-bond donors (Lipinski definition) is 1. The Morgan fingerprint density at radius 3 is 2.83 bits per heavy atom. The Balaban J connectivity index is 1.66. The molecule has 1 saturated heterocycles. The molecule has 3 aromatic rings. The number of rotatable bonds is 6. The van der Waals surface area contributed by atoms with Gasteiger partial charge in [-0.2, -0.15) is 5.10 Å². The van der Waals surface area contributed by atoms with E-state index in [1.54, 1.807) is 11.3 Å². The van der Waals surface area contributed by atoms with Gasteiger partial charge in [0, 0.05) is 36.6 Å². The minimum atomic E-state index is 0.0630. The minimum Gasteiger partial charge on any atom is -0.349 e. The number of hydrogen-bond acceptors (Lipinski definition) is 4. The van der Waals surface area contributed by atoms with Crippen LogP contribution in [0.5, 0.6) is 0 Å². The van der Waals surface area contributed by atoms with Crippen molar-refractivity contribution in [2.24, 2.45) is 7.05 Å². The zero-order valence-corrected chi connectivity index (χ0v) is 19.0. The first-order valence-corrected chi connectivity index (χ1v) is 11.9. The maximum Gasteiger partial charge on any atom is 0.261 e. The van der Waals surface area contributed by atoms with E-state index in [0.29, 0.717) is 6.04 Å². The van der Waals surface area contributed by atoms with E-state index in [9.17, 15) is 4.79 Å². The average molecular weight is 425 g/mol. The largest absolute Gasteiger partial charge is 0.349 e. The highest BCUT2D eigenvalue weighted by Gasteiger charge is 2.27. The van der Waals surface area contributed by atoms with E-state index < -0.39 is 0 Å². The van der Waals surface area contributed by atoms with Gasteiger partial charge in [0.1, 0.15) is 0 Å². The van der Waals surface area contributed by atoms with Gasteiger partial charge in [-0.15, -0.1) is 11.3 Å². The highest BCUT2D eigenvalue weighted by atomic mass is 32.1. The molecule has 0 saturated carbocycles. The Hall–Kier alpha value is -2.18. The summed E-state index contributed by atoms with van der Waals surface area (Å²) in [5.41, 5.74) is 2.46. The Kier molecular flexibility index (Phi) is 6.54. The summed E-state index contributed by atoms with van der Waals surface area (Å²) in [6.45, 7) is 6.06. The molecule has 1 amide bonds. The molecule has 0 bridgehead atoms. The second-order valence-electron chi connectivity index (χ2n) is 8.66. The van der Waals surface area contributed by atoms with Gasteiger partial charge < -0.3 is 5.32 Å². The van der Waals surface area contributed by atoms with Crippen LogP contribution >= 0.6 is 11.3 Å². The smallest absolute Gasteiger partial charge is 0.261 e. The minimum absolute atomic E-state index is 0.0630. The van der Waals surface area contributed by atoms with Crippen molar-refractivity contribution < 1.29 is 4.79 Å². The number of benzene rings is 1. The predicted molar refractivity (Wildman–Crippen MR) is 124 cm³/mol. The maximum atomic E-state index is 13.0.